The monoisotopic (exact) mass is 493 g/mol. The maximum Gasteiger partial charge on any atom is 0.251 e. The average Bonchev–Trinajstić information content (AvgIpc) is 2.91. The fraction of sp³-hybridized carbons (Fsp3) is 0.233. The molecule has 2 heterocycles. The minimum absolute atomic E-state index is 0.0259. The maximum atomic E-state index is 13.0. The first kappa shape index (κ1) is 24.3. The lowest BCUT2D eigenvalue weighted by Gasteiger charge is -2.32. The molecule has 3 aromatic carbocycles. The molecular formula is C30H31N5O2. The zero-order valence-electron chi connectivity index (χ0n) is 20.9. The van der Waals surface area contributed by atoms with E-state index in [0.29, 0.717) is 17.9 Å². The molecule has 37 heavy (non-hydrogen) atoms. The van der Waals surface area contributed by atoms with Crippen molar-refractivity contribution in [1.82, 2.24) is 9.47 Å². The summed E-state index contributed by atoms with van der Waals surface area (Å²) in [6, 6.07) is 25.0. The van der Waals surface area contributed by atoms with Crippen molar-refractivity contribution >= 4 is 22.6 Å². The summed E-state index contributed by atoms with van der Waals surface area (Å²) in [7, 11) is 0. The van der Waals surface area contributed by atoms with Crippen LogP contribution in [0.25, 0.3) is 22.0 Å². The highest BCUT2D eigenvalue weighted by Crippen LogP contribution is 2.27. The Balaban J connectivity index is 1.43. The van der Waals surface area contributed by atoms with Crippen molar-refractivity contribution < 1.29 is 4.74 Å². The number of likely N-dealkylation sites (tertiary alicyclic amines) is 1. The summed E-state index contributed by atoms with van der Waals surface area (Å²) in [4.78, 5) is 15.1. The first-order valence-electron chi connectivity index (χ1n) is 12.5. The normalized spacial score (nSPS) is 14.0. The van der Waals surface area contributed by atoms with Crippen molar-refractivity contribution in [3.8, 4) is 16.9 Å². The second-order valence-electron chi connectivity index (χ2n) is 9.52. The van der Waals surface area contributed by atoms with Crippen LogP contribution in [0.1, 0.15) is 30.9 Å². The van der Waals surface area contributed by atoms with E-state index in [4.69, 9.17) is 21.3 Å². The Kier molecular flexibility index (Phi) is 6.77. The van der Waals surface area contributed by atoms with Crippen molar-refractivity contribution in [1.29, 1.82) is 10.8 Å². The molecule has 0 amide bonds. The van der Waals surface area contributed by atoms with Gasteiger partial charge < -0.3 is 19.9 Å². The van der Waals surface area contributed by atoms with Gasteiger partial charge in [-0.3, -0.25) is 15.6 Å². The summed E-state index contributed by atoms with van der Waals surface area (Å²) in [6.07, 6.45) is 1.89. The van der Waals surface area contributed by atoms with Crippen LogP contribution >= 0.6 is 0 Å². The highest BCUT2D eigenvalue weighted by molar-refractivity contribution is 5.96. The minimum atomic E-state index is -0.0668. The van der Waals surface area contributed by atoms with Crippen molar-refractivity contribution in [2.24, 2.45) is 5.73 Å². The number of nitrogens with zero attached hydrogens (tertiary/aromatic N) is 2. The zero-order chi connectivity index (χ0) is 25.9. The van der Waals surface area contributed by atoms with Crippen LogP contribution < -0.4 is 16.0 Å². The van der Waals surface area contributed by atoms with E-state index in [-0.39, 0.29) is 17.5 Å². The van der Waals surface area contributed by atoms with Gasteiger partial charge in [-0.2, -0.15) is 0 Å². The third kappa shape index (κ3) is 5.26. The van der Waals surface area contributed by atoms with Crippen molar-refractivity contribution in [2.45, 2.75) is 32.4 Å². The fourth-order valence-electron chi connectivity index (χ4n) is 4.98. The molecule has 0 radical (unpaired) electrons. The third-order valence-electron chi connectivity index (χ3n) is 7.01. The molecule has 5 rings (SSSR count). The number of nitrogens with one attached hydrogen (secondary N) is 2. The number of ether oxygens (including phenoxy) is 1. The molecule has 188 valence electrons. The molecule has 0 bridgehead atoms. The van der Waals surface area contributed by atoms with Gasteiger partial charge in [0.25, 0.3) is 5.56 Å². The number of benzene rings is 3. The number of aromatic nitrogens is 1. The Hall–Kier alpha value is -4.39. The van der Waals surface area contributed by atoms with E-state index in [1.807, 2.05) is 79.7 Å². The predicted octanol–water partition coefficient (Wildman–Crippen LogP) is 4.84. The molecule has 1 aliphatic rings. The van der Waals surface area contributed by atoms with Crippen LogP contribution in [0.3, 0.4) is 0 Å². The Morgan fingerprint density at radius 2 is 1.76 bits per heavy atom. The topological polar surface area (TPSA) is 108 Å². The number of fused-ring (bicyclic) bond motifs is 1. The summed E-state index contributed by atoms with van der Waals surface area (Å²) in [5.74, 6) is 1.43. The molecule has 0 atom stereocenters. The molecule has 4 N–H and O–H groups in total. The molecule has 1 aromatic heterocycles. The molecular weight excluding hydrogens is 462 g/mol. The van der Waals surface area contributed by atoms with Crippen LogP contribution in [-0.2, 0) is 6.54 Å². The Morgan fingerprint density at radius 1 is 0.973 bits per heavy atom. The van der Waals surface area contributed by atoms with Gasteiger partial charge in [-0.1, -0.05) is 42.5 Å². The smallest absolute Gasteiger partial charge is 0.251 e. The van der Waals surface area contributed by atoms with Gasteiger partial charge in [-0.25, -0.2) is 0 Å². The molecule has 0 unspecified atom stereocenters. The zero-order valence-corrected chi connectivity index (χ0v) is 20.9. The van der Waals surface area contributed by atoms with Crippen molar-refractivity contribution in [2.75, 3.05) is 13.1 Å². The number of nitrogen functional groups attached to an aromatic ring is 1. The second kappa shape index (κ2) is 10.3. The lowest BCUT2D eigenvalue weighted by molar-refractivity contribution is 0.130. The first-order valence-corrected chi connectivity index (χ1v) is 12.5. The number of amidine groups is 2. The third-order valence-corrected chi connectivity index (χ3v) is 7.01. The number of hydrogen-bond donors (Lipinski definition) is 3. The van der Waals surface area contributed by atoms with E-state index in [2.05, 4.69) is 4.90 Å². The maximum absolute atomic E-state index is 13.0. The van der Waals surface area contributed by atoms with E-state index in [9.17, 15) is 4.79 Å². The van der Waals surface area contributed by atoms with Gasteiger partial charge >= 0.3 is 0 Å². The van der Waals surface area contributed by atoms with Crippen molar-refractivity contribution in [3.05, 3.63) is 100 Å². The van der Waals surface area contributed by atoms with Crippen LogP contribution in [0, 0.1) is 10.8 Å². The molecule has 1 aliphatic heterocycles. The van der Waals surface area contributed by atoms with E-state index < -0.39 is 0 Å². The van der Waals surface area contributed by atoms with E-state index in [0.717, 1.165) is 59.3 Å². The van der Waals surface area contributed by atoms with Gasteiger partial charge in [0.05, 0.1) is 17.9 Å². The van der Waals surface area contributed by atoms with Gasteiger partial charge in [0.2, 0.25) is 0 Å². The fourth-order valence-corrected chi connectivity index (χ4v) is 4.98. The summed E-state index contributed by atoms with van der Waals surface area (Å²) in [5, 5.41) is 16.5. The van der Waals surface area contributed by atoms with Crippen molar-refractivity contribution in [3.63, 3.8) is 0 Å². The van der Waals surface area contributed by atoms with Crippen LogP contribution in [0.15, 0.2) is 83.7 Å². The summed E-state index contributed by atoms with van der Waals surface area (Å²) >= 11 is 0. The largest absolute Gasteiger partial charge is 0.490 e. The second-order valence-corrected chi connectivity index (χ2v) is 9.52. The average molecular weight is 494 g/mol. The Labute approximate surface area is 216 Å². The predicted molar refractivity (Wildman–Crippen MR) is 149 cm³/mol. The molecule has 4 aromatic rings. The van der Waals surface area contributed by atoms with Gasteiger partial charge in [0.1, 0.15) is 17.7 Å². The quantitative estimate of drug-likeness (QED) is 0.264. The highest BCUT2D eigenvalue weighted by Gasteiger charge is 2.21. The Morgan fingerprint density at radius 3 is 2.51 bits per heavy atom. The van der Waals surface area contributed by atoms with Crippen LogP contribution in [0.2, 0.25) is 0 Å². The van der Waals surface area contributed by atoms with Gasteiger partial charge in [-0.05, 0) is 53.9 Å². The van der Waals surface area contributed by atoms with E-state index in [1.54, 1.807) is 10.6 Å². The van der Waals surface area contributed by atoms with E-state index in [1.165, 1.54) is 0 Å². The first-order chi connectivity index (χ1) is 17.9. The highest BCUT2D eigenvalue weighted by atomic mass is 16.5. The Bertz CT molecular complexity index is 1530. The molecule has 0 aliphatic carbocycles. The molecule has 1 saturated heterocycles. The van der Waals surface area contributed by atoms with Crippen LogP contribution in [0.4, 0.5) is 0 Å². The number of nitrogens with two attached hydrogens (primary N) is 1. The van der Waals surface area contributed by atoms with Crippen LogP contribution in [0.5, 0.6) is 5.75 Å². The molecule has 0 spiro atoms. The number of piperidine rings is 1. The molecule has 1 fully saturated rings. The van der Waals surface area contributed by atoms with E-state index >= 15 is 0 Å². The summed E-state index contributed by atoms with van der Waals surface area (Å²) in [5.41, 5.74) is 10.1. The SMILES string of the molecule is CC(=N)N1CCC(Oc2ccc3c(ccc(=O)n3Cc3ccccc3-c3cccc(C(=N)N)c3)c2)CC1. The standard InChI is InChI=1S/C30H31N5O2/c1-20(31)34-15-13-25(14-16-34)37-26-10-11-28-22(18-26)9-12-29(36)35(28)19-24-5-2-3-8-27(24)21-6-4-7-23(17-21)30(32)33/h2-12,17-18,25,31H,13-16,19H2,1H3,(H3,32,33). The summed E-state index contributed by atoms with van der Waals surface area (Å²) < 4.78 is 8.07. The van der Waals surface area contributed by atoms with Gasteiger partial charge in [0, 0.05) is 42.9 Å². The van der Waals surface area contributed by atoms with Gasteiger partial charge in [-0.15, -0.1) is 0 Å². The molecule has 0 saturated carbocycles. The number of pyridine rings is 1. The molecule has 7 heteroatoms. The minimum Gasteiger partial charge on any atom is -0.490 e. The summed E-state index contributed by atoms with van der Waals surface area (Å²) in [6.45, 7) is 3.91. The number of rotatable bonds is 6. The lowest BCUT2D eigenvalue weighted by atomic mass is 9.97. The molecule has 7 nitrogen and oxygen atoms in total. The lowest BCUT2D eigenvalue weighted by Crippen LogP contribution is -2.40. The number of hydrogen-bond acceptors (Lipinski definition) is 4. The van der Waals surface area contributed by atoms with Crippen LogP contribution in [-0.4, -0.2) is 40.3 Å². The van der Waals surface area contributed by atoms with Gasteiger partial charge in [0.15, 0.2) is 0 Å².